The van der Waals surface area contributed by atoms with E-state index < -0.39 is 5.82 Å². The van der Waals surface area contributed by atoms with Gasteiger partial charge in [0.2, 0.25) is 0 Å². The van der Waals surface area contributed by atoms with E-state index in [-0.39, 0.29) is 22.4 Å². The van der Waals surface area contributed by atoms with Crippen molar-refractivity contribution in [3.63, 3.8) is 0 Å². The second kappa shape index (κ2) is 7.24. The molecule has 2 saturated heterocycles. The summed E-state index contributed by atoms with van der Waals surface area (Å²) in [6, 6.07) is 11.9. The molecule has 2 aromatic carbocycles. The largest absolute Gasteiger partial charge is 0.337 e. The Labute approximate surface area is 185 Å². The zero-order valence-electron chi connectivity index (χ0n) is 17.8. The first kappa shape index (κ1) is 19.6. The van der Waals surface area contributed by atoms with Gasteiger partial charge in [0.15, 0.2) is 0 Å². The van der Waals surface area contributed by atoms with Crippen LogP contribution in [0.4, 0.5) is 4.39 Å². The topological polar surface area (TPSA) is 69.3 Å². The van der Waals surface area contributed by atoms with Crippen molar-refractivity contribution in [1.82, 2.24) is 20.0 Å². The van der Waals surface area contributed by atoms with Crippen LogP contribution in [0.3, 0.4) is 0 Å². The minimum absolute atomic E-state index is 0.111. The molecule has 3 fully saturated rings. The number of amides is 1. The van der Waals surface area contributed by atoms with Crippen LogP contribution in [0.1, 0.15) is 34.5 Å². The lowest BCUT2D eigenvalue weighted by Crippen LogP contribution is -2.73. The Kier molecular flexibility index (Phi) is 4.43. The molecule has 1 amide bonds. The number of H-pyrrole nitrogens is 1. The quantitative estimate of drug-likeness (QED) is 0.673. The van der Waals surface area contributed by atoms with Crippen molar-refractivity contribution in [3.05, 3.63) is 75.5 Å². The second-order valence-corrected chi connectivity index (χ2v) is 9.81. The summed E-state index contributed by atoms with van der Waals surface area (Å²) in [7, 11) is 0. The van der Waals surface area contributed by atoms with Crippen molar-refractivity contribution < 1.29 is 9.18 Å². The summed E-state index contributed by atoms with van der Waals surface area (Å²) in [6.45, 7) is 4.73. The SMILES string of the molecule is O=C(c1cc(Cc2n[nH]c(=O)c3ccccc23)ccc1F)N1CC2(CN(CC3CC3)C2)C1. The molecule has 3 aliphatic rings. The number of nitrogens with one attached hydrogen (secondary N) is 1. The van der Waals surface area contributed by atoms with Gasteiger partial charge in [-0.3, -0.25) is 9.59 Å². The molecule has 6 nitrogen and oxygen atoms in total. The fourth-order valence-corrected chi connectivity index (χ4v) is 5.32. The number of carbonyl (C=O) groups is 1. The summed E-state index contributed by atoms with van der Waals surface area (Å²) in [5.41, 5.74) is 1.57. The van der Waals surface area contributed by atoms with Crippen molar-refractivity contribution in [3.8, 4) is 0 Å². The van der Waals surface area contributed by atoms with E-state index in [4.69, 9.17) is 0 Å². The molecule has 1 aromatic heterocycles. The average molecular weight is 432 g/mol. The Morgan fingerprint density at radius 1 is 1.09 bits per heavy atom. The molecular weight excluding hydrogens is 407 g/mol. The van der Waals surface area contributed by atoms with Gasteiger partial charge in [0.25, 0.3) is 11.5 Å². The number of nitrogens with zero attached hydrogens (tertiary/aromatic N) is 3. The molecule has 7 heteroatoms. The lowest BCUT2D eigenvalue weighted by Gasteiger charge is -2.60. The average Bonchev–Trinajstić information content (AvgIpc) is 3.56. The van der Waals surface area contributed by atoms with E-state index >= 15 is 0 Å². The Morgan fingerprint density at radius 3 is 2.59 bits per heavy atom. The van der Waals surface area contributed by atoms with Gasteiger partial charge in [0.1, 0.15) is 5.82 Å². The first-order valence-electron chi connectivity index (χ1n) is 11.3. The molecular formula is C25H25FN4O2. The van der Waals surface area contributed by atoms with Crippen LogP contribution >= 0.6 is 0 Å². The summed E-state index contributed by atoms with van der Waals surface area (Å²) >= 11 is 0. The Balaban J connectivity index is 1.17. The third-order valence-corrected chi connectivity index (χ3v) is 7.08. The molecule has 1 spiro atoms. The minimum Gasteiger partial charge on any atom is -0.337 e. The lowest BCUT2D eigenvalue weighted by atomic mass is 9.72. The molecule has 0 radical (unpaired) electrons. The van der Waals surface area contributed by atoms with Crippen LogP contribution in [0.2, 0.25) is 0 Å². The number of benzene rings is 2. The highest BCUT2D eigenvalue weighted by Crippen LogP contribution is 2.42. The Morgan fingerprint density at radius 2 is 1.84 bits per heavy atom. The van der Waals surface area contributed by atoms with Gasteiger partial charge >= 0.3 is 0 Å². The van der Waals surface area contributed by atoms with E-state index in [0.717, 1.165) is 30.0 Å². The standard InChI is InChI=1S/C25H25FN4O2/c26-21-8-7-17(10-22-18-3-1-2-4-19(18)23(31)28-27-22)9-20(21)24(32)30-14-25(15-30)12-29(13-25)11-16-5-6-16/h1-4,7-9,16H,5-6,10-15H2,(H,28,31). The zero-order chi connectivity index (χ0) is 21.9. The normalized spacial score (nSPS) is 19.7. The van der Waals surface area contributed by atoms with Gasteiger partial charge in [-0.2, -0.15) is 5.10 Å². The van der Waals surface area contributed by atoms with Crippen molar-refractivity contribution in [2.24, 2.45) is 11.3 Å². The molecule has 164 valence electrons. The number of fused-ring (bicyclic) bond motifs is 1. The lowest BCUT2D eigenvalue weighted by molar-refractivity contribution is -0.0994. The molecule has 1 aliphatic carbocycles. The summed E-state index contributed by atoms with van der Waals surface area (Å²) < 4.78 is 14.6. The van der Waals surface area contributed by atoms with Crippen LogP contribution in [-0.4, -0.2) is 58.6 Å². The molecule has 3 aromatic rings. The van der Waals surface area contributed by atoms with Crippen LogP contribution in [0.25, 0.3) is 10.8 Å². The van der Waals surface area contributed by atoms with Crippen LogP contribution in [0.5, 0.6) is 0 Å². The van der Waals surface area contributed by atoms with E-state index in [2.05, 4.69) is 15.1 Å². The number of aromatic amines is 1. The molecule has 6 rings (SSSR count). The van der Waals surface area contributed by atoms with Crippen molar-refractivity contribution in [1.29, 1.82) is 0 Å². The number of likely N-dealkylation sites (tertiary alicyclic amines) is 2. The van der Waals surface area contributed by atoms with Crippen molar-refractivity contribution >= 4 is 16.7 Å². The molecule has 0 bridgehead atoms. The molecule has 1 N–H and O–H groups in total. The minimum atomic E-state index is -0.497. The highest BCUT2D eigenvalue weighted by molar-refractivity contribution is 5.95. The maximum Gasteiger partial charge on any atom is 0.272 e. The van der Waals surface area contributed by atoms with Gasteiger partial charge < -0.3 is 9.80 Å². The summed E-state index contributed by atoms with van der Waals surface area (Å²) in [5, 5.41) is 8.06. The predicted molar refractivity (Wildman–Crippen MR) is 119 cm³/mol. The molecule has 2 aliphatic heterocycles. The second-order valence-electron chi connectivity index (χ2n) is 9.81. The van der Waals surface area contributed by atoms with Gasteiger partial charge in [-0.05, 0) is 42.5 Å². The number of carbonyl (C=O) groups excluding carboxylic acids is 1. The van der Waals surface area contributed by atoms with E-state index in [1.165, 1.54) is 25.5 Å². The zero-order valence-corrected chi connectivity index (χ0v) is 17.8. The third kappa shape index (κ3) is 3.41. The van der Waals surface area contributed by atoms with E-state index in [9.17, 15) is 14.0 Å². The maximum atomic E-state index is 14.6. The monoisotopic (exact) mass is 432 g/mol. The summed E-state index contributed by atoms with van der Waals surface area (Å²) in [4.78, 5) is 29.3. The fourth-order valence-electron chi connectivity index (χ4n) is 5.32. The highest BCUT2D eigenvalue weighted by Gasteiger charge is 2.53. The summed E-state index contributed by atoms with van der Waals surface area (Å²) in [5.74, 6) is 0.147. The first-order chi connectivity index (χ1) is 15.5. The molecule has 32 heavy (non-hydrogen) atoms. The predicted octanol–water partition coefficient (Wildman–Crippen LogP) is 2.82. The van der Waals surface area contributed by atoms with Gasteiger partial charge in [0.05, 0.1) is 16.6 Å². The van der Waals surface area contributed by atoms with Crippen molar-refractivity contribution in [2.45, 2.75) is 19.3 Å². The van der Waals surface area contributed by atoms with E-state index in [1.807, 2.05) is 18.2 Å². The number of rotatable bonds is 5. The van der Waals surface area contributed by atoms with Crippen LogP contribution in [0, 0.1) is 17.2 Å². The van der Waals surface area contributed by atoms with Gasteiger partial charge in [0, 0.05) is 49.9 Å². The third-order valence-electron chi connectivity index (χ3n) is 7.08. The fraction of sp³-hybridized carbons (Fsp3) is 0.400. The molecule has 3 heterocycles. The number of aromatic nitrogens is 2. The Hall–Kier alpha value is -3.06. The summed E-state index contributed by atoms with van der Waals surface area (Å²) in [6.07, 6.45) is 3.11. The number of hydrogen-bond acceptors (Lipinski definition) is 4. The van der Waals surface area contributed by atoms with Gasteiger partial charge in [-0.1, -0.05) is 24.3 Å². The van der Waals surface area contributed by atoms with Gasteiger partial charge in [-0.15, -0.1) is 0 Å². The molecule has 1 saturated carbocycles. The molecule has 0 unspecified atom stereocenters. The smallest absolute Gasteiger partial charge is 0.272 e. The Bertz CT molecular complexity index is 1270. The van der Waals surface area contributed by atoms with Crippen LogP contribution in [-0.2, 0) is 6.42 Å². The highest BCUT2D eigenvalue weighted by atomic mass is 19.1. The van der Waals surface area contributed by atoms with Crippen LogP contribution in [0.15, 0.2) is 47.3 Å². The van der Waals surface area contributed by atoms with E-state index in [1.54, 1.807) is 23.1 Å². The number of hydrogen-bond donors (Lipinski definition) is 1. The van der Waals surface area contributed by atoms with E-state index in [0.29, 0.717) is 30.6 Å². The van der Waals surface area contributed by atoms with Crippen molar-refractivity contribution in [2.75, 3.05) is 32.7 Å². The first-order valence-corrected chi connectivity index (χ1v) is 11.3. The maximum absolute atomic E-state index is 14.6. The molecule has 0 atom stereocenters. The van der Waals surface area contributed by atoms with Crippen LogP contribution < -0.4 is 5.56 Å². The van der Waals surface area contributed by atoms with Gasteiger partial charge in [-0.25, -0.2) is 9.49 Å². The number of halogens is 1.